The molecule has 0 saturated heterocycles. The molecule has 132 valence electrons. The fraction of sp³-hybridized carbons (Fsp3) is 0.350. The molecule has 0 spiro atoms. The van der Waals surface area contributed by atoms with E-state index in [1.807, 2.05) is 29.2 Å². The van der Waals surface area contributed by atoms with Crippen LogP contribution in [0.4, 0.5) is 11.4 Å². The summed E-state index contributed by atoms with van der Waals surface area (Å²) in [4.78, 5) is 16.9. The van der Waals surface area contributed by atoms with E-state index in [4.69, 9.17) is 10.5 Å². The Morgan fingerprint density at radius 3 is 2.48 bits per heavy atom. The summed E-state index contributed by atoms with van der Waals surface area (Å²) in [5.41, 5.74) is 9.25. The molecule has 2 N–H and O–H groups in total. The van der Waals surface area contributed by atoms with Crippen LogP contribution in [0.1, 0.15) is 12.0 Å². The Morgan fingerprint density at radius 2 is 1.76 bits per heavy atom. The van der Waals surface area contributed by atoms with Crippen LogP contribution >= 0.6 is 0 Å². The van der Waals surface area contributed by atoms with Gasteiger partial charge in [-0.1, -0.05) is 42.5 Å². The Kier molecular flexibility index (Phi) is 5.68. The topological polar surface area (TPSA) is 58.8 Å². The molecule has 1 atom stereocenters. The quantitative estimate of drug-likeness (QED) is 0.909. The number of nitrogens with zero attached hydrogens (tertiary/aromatic N) is 2. The van der Waals surface area contributed by atoms with Gasteiger partial charge in [-0.15, -0.1) is 0 Å². The van der Waals surface area contributed by atoms with Gasteiger partial charge in [-0.2, -0.15) is 0 Å². The molecule has 1 unspecified atom stereocenters. The van der Waals surface area contributed by atoms with Crippen LogP contribution < -0.4 is 15.5 Å². The minimum Gasteiger partial charge on any atom is -0.383 e. The molecule has 25 heavy (non-hydrogen) atoms. The van der Waals surface area contributed by atoms with Gasteiger partial charge >= 0.3 is 0 Å². The molecule has 0 bridgehead atoms. The van der Waals surface area contributed by atoms with Crippen molar-refractivity contribution in [3.63, 3.8) is 0 Å². The summed E-state index contributed by atoms with van der Waals surface area (Å²) in [6, 6.07) is 17.8. The fourth-order valence-electron chi connectivity index (χ4n) is 3.27. The molecule has 2 aromatic rings. The minimum absolute atomic E-state index is 0.0872. The number of carbonyl (C=O) groups is 1. The lowest BCUT2D eigenvalue weighted by Crippen LogP contribution is -2.46. The van der Waals surface area contributed by atoms with E-state index in [1.54, 1.807) is 7.11 Å². The molecular weight excluding hydrogens is 314 g/mol. The molecule has 2 aromatic carbocycles. The van der Waals surface area contributed by atoms with Crippen molar-refractivity contribution in [3.8, 4) is 0 Å². The molecule has 0 saturated carbocycles. The van der Waals surface area contributed by atoms with Gasteiger partial charge in [-0.25, -0.2) is 0 Å². The number of rotatable bonds is 5. The average molecular weight is 339 g/mol. The van der Waals surface area contributed by atoms with Gasteiger partial charge in [0, 0.05) is 26.7 Å². The third-order valence-electron chi connectivity index (χ3n) is 4.47. The highest BCUT2D eigenvalue weighted by molar-refractivity contribution is 6.00. The summed E-state index contributed by atoms with van der Waals surface area (Å²) in [6.45, 7) is 2.61. The van der Waals surface area contributed by atoms with Crippen LogP contribution in [-0.2, 0) is 16.1 Å². The molecule has 3 rings (SSSR count). The highest BCUT2D eigenvalue weighted by Gasteiger charge is 2.27. The lowest BCUT2D eigenvalue weighted by molar-refractivity contribution is -0.120. The van der Waals surface area contributed by atoms with Crippen LogP contribution in [0.25, 0.3) is 0 Å². The lowest BCUT2D eigenvalue weighted by Gasteiger charge is -2.28. The maximum absolute atomic E-state index is 12.8. The maximum Gasteiger partial charge on any atom is 0.246 e. The van der Waals surface area contributed by atoms with E-state index in [0.717, 1.165) is 30.9 Å². The number of anilines is 2. The monoisotopic (exact) mass is 339 g/mol. The Morgan fingerprint density at radius 1 is 1.08 bits per heavy atom. The minimum atomic E-state index is -0.640. The number of hydrogen-bond acceptors (Lipinski definition) is 4. The van der Waals surface area contributed by atoms with Crippen LogP contribution in [0.15, 0.2) is 54.6 Å². The van der Waals surface area contributed by atoms with Crippen LogP contribution in [0, 0.1) is 0 Å². The second-order valence-corrected chi connectivity index (χ2v) is 6.30. The van der Waals surface area contributed by atoms with Crippen molar-refractivity contribution in [1.29, 1.82) is 0 Å². The standard InChI is InChI=1S/C20H25N3O2/c1-25-15-17(21)20(24)23-13-7-12-22(14-16-8-3-2-4-9-16)18-10-5-6-11-19(18)23/h2-6,8-11,17H,7,12-15,21H2,1H3. The van der Waals surface area contributed by atoms with Gasteiger partial charge in [0.05, 0.1) is 18.0 Å². The number of carbonyl (C=O) groups excluding carboxylic acids is 1. The van der Waals surface area contributed by atoms with Gasteiger partial charge in [0.15, 0.2) is 0 Å². The Balaban J connectivity index is 1.89. The molecule has 5 nitrogen and oxygen atoms in total. The van der Waals surface area contributed by atoms with Crippen molar-refractivity contribution < 1.29 is 9.53 Å². The molecule has 1 heterocycles. The zero-order chi connectivity index (χ0) is 17.6. The Hall–Kier alpha value is -2.37. The van der Waals surface area contributed by atoms with Crippen LogP contribution in [0.5, 0.6) is 0 Å². The molecule has 0 fully saturated rings. The summed E-state index contributed by atoms with van der Waals surface area (Å²) in [5, 5.41) is 0. The van der Waals surface area contributed by atoms with Crippen molar-refractivity contribution in [1.82, 2.24) is 0 Å². The largest absolute Gasteiger partial charge is 0.383 e. The first kappa shape index (κ1) is 17.5. The predicted molar refractivity (Wildman–Crippen MR) is 101 cm³/mol. The highest BCUT2D eigenvalue weighted by atomic mass is 16.5. The normalized spacial score (nSPS) is 15.4. The van der Waals surface area contributed by atoms with Crippen molar-refractivity contribution in [2.24, 2.45) is 5.73 Å². The van der Waals surface area contributed by atoms with E-state index < -0.39 is 6.04 Å². The molecular formula is C20H25N3O2. The van der Waals surface area contributed by atoms with Gasteiger partial charge in [-0.3, -0.25) is 4.79 Å². The number of benzene rings is 2. The SMILES string of the molecule is COCC(N)C(=O)N1CCCN(Cc2ccccc2)c2ccccc21. The van der Waals surface area contributed by atoms with E-state index in [-0.39, 0.29) is 12.5 Å². The average Bonchev–Trinajstić information content (AvgIpc) is 2.82. The van der Waals surface area contributed by atoms with E-state index in [0.29, 0.717) is 6.54 Å². The summed E-state index contributed by atoms with van der Waals surface area (Å²) >= 11 is 0. The first-order valence-electron chi connectivity index (χ1n) is 8.64. The van der Waals surface area contributed by atoms with Gasteiger partial charge in [0.1, 0.15) is 6.04 Å². The van der Waals surface area contributed by atoms with Gasteiger partial charge < -0.3 is 20.3 Å². The number of hydrogen-bond donors (Lipinski definition) is 1. The smallest absolute Gasteiger partial charge is 0.246 e. The molecule has 0 aliphatic carbocycles. The zero-order valence-corrected chi connectivity index (χ0v) is 14.6. The van der Waals surface area contributed by atoms with Gasteiger partial charge in [0.2, 0.25) is 5.91 Å². The number of nitrogens with two attached hydrogens (primary N) is 1. The first-order valence-corrected chi connectivity index (χ1v) is 8.64. The van der Waals surface area contributed by atoms with Crippen molar-refractivity contribution in [2.45, 2.75) is 19.0 Å². The number of fused-ring (bicyclic) bond motifs is 1. The van der Waals surface area contributed by atoms with Crippen molar-refractivity contribution in [3.05, 3.63) is 60.2 Å². The summed E-state index contributed by atoms with van der Waals surface area (Å²) in [5.74, 6) is -0.0872. The summed E-state index contributed by atoms with van der Waals surface area (Å²) in [7, 11) is 1.56. The van der Waals surface area contributed by atoms with Gasteiger partial charge in [-0.05, 0) is 24.1 Å². The van der Waals surface area contributed by atoms with Crippen LogP contribution in [-0.4, -0.2) is 38.8 Å². The molecule has 1 aliphatic rings. The molecule has 1 aliphatic heterocycles. The van der Waals surface area contributed by atoms with Crippen LogP contribution in [0.2, 0.25) is 0 Å². The van der Waals surface area contributed by atoms with E-state index >= 15 is 0 Å². The second kappa shape index (κ2) is 8.14. The van der Waals surface area contributed by atoms with E-state index in [2.05, 4.69) is 35.2 Å². The van der Waals surface area contributed by atoms with Crippen LogP contribution in [0.3, 0.4) is 0 Å². The van der Waals surface area contributed by atoms with E-state index in [1.165, 1.54) is 5.56 Å². The Bertz CT molecular complexity index is 705. The molecule has 0 radical (unpaired) electrons. The number of ether oxygens (including phenoxy) is 1. The Labute approximate surface area is 149 Å². The first-order chi connectivity index (χ1) is 12.2. The predicted octanol–water partition coefficient (Wildman–Crippen LogP) is 2.40. The zero-order valence-electron chi connectivity index (χ0n) is 14.6. The maximum atomic E-state index is 12.8. The van der Waals surface area contributed by atoms with Crippen molar-refractivity contribution in [2.75, 3.05) is 36.6 Å². The molecule has 1 amide bonds. The van der Waals surface area contributed by atoms with E-state index in [9.17, 15) is 4.79 Å². The highest BCUT2D eigenvalue weighted by Crippen LogP contribution is 2.33. The number of para-hydroxylation sites is 2. The number of methoxy groups -OCH3 is 1. The fourth-order valence-corrected chi connectivity index (χ4v) is 3.27. The second-order valence-electron chi connectivity index (χ2n) is 6.30. The molecule has 5 heteroatoms. The van der Waals surface area contributed by atoms with Crippen molar-refractivity contribution >= 4 is 17.3 Å². The third kappa shape index (κ3) is 4.00. The number of amides is 1. The molecule has 0 aromatic heterocycles. The third-order valence-corrected chi connectivity index (χ3v) is 4.47. The summed E-state index contributed by atoms with van der Waals surface area (Å²) in [6.07, 6.45) is 0.896. The van der Waals surface area contributed by atoms with Gasteiger partial charge in [0.25, 0.3) is 0 Å². The summed E-state index contributed by atoms with van der Waals surface area (Å²) < 4.78 is 5.05. The lowest BCUT2D eigenvalue weighted by atomic mass is 10.1.